The molecule has 0 aliphatic heterocycles. The maximum Gasteiger partial charge on any atom is 0.273 e. The molecular formula is C21H24N4O2S2. The topological polar surface area (TPSA) is 76.9 Å². The number of carbonyl (C=O) groups is 1. The van der Waals surface area contributed by atoms with E-state index in [1.165, 1.54) is 47.1 Å². The maximum atomic E-state index is 12.8. The molecule has 4 rings (SSSR count). The summed E-state index contributed by atoms with van der Waals surface area (Å²) in [6.45, 7) is 2.03. The van der Waals surface area contributed by atoms with Crippen molar-refractivity contribution in [3.05, 3.63) is 40.2 Å². The molecule has 1 saturated carbocycles. The summed E-state index contributed by atoms with van der Waals surface area (Å²) in [6.07, 6.45) is 5.72. The predicted molar refractivity (Wildman–Crippen MR) is 119 cm³/mol. The van der Waals surface area contributed by atoms with Crippen molar-refractivity contribution in [3.8, 4) is 11.3 Å². The van der Waals surface area contributed by atoms with E-state index in [0.29, 0.717) is 15.4 Å². The van der Waals surface area contributed by atoms with Gasteiger partial charge >= 0.3 is 0 Å². The van der Waals surface area contributed by atoms with Gasteiger partial charge in [0.25, 0.3) is 5.56 Å². The molecule has 1 aliphatic rings. The third-order valence-corrected chi connectivity index (χ3v) is 7.14. The van der Waals surface area contributed by atoms with E-state index in [-0.39, 0.29) is 23.3 Å². The summed E-state index contributed by atoms with van der Waals surface area (Å²) in [4.78, 5) is 29.9. The number of amides is 1. The molecule has 1 aromatic carbocycles. The average Bonchev–Trinajstić information content (AvgIpc) is 3.15. The van der Waals surface area contributed by atoms with Gasteiger partial charge in [-0.05, 0) is 31.3 Å². The summed E-state index contributed by atoms with van der Waals surface area (Å²) >= 11 is 2.47. The third kappa shape index (κ3) is 4.38. The van der Waals surface area contributed by atoms with Gasteiger partial charge in [0.2, 0.25) is 5.91 Å². The number of nitrogens with one attached hydrogen (secondary N) is 1. The summed E-state index contributed by atoms with van der Waals surface area (Å²) in [5.74, 6) is 0.248. The van der Waals surface area contributed by atoms with Crippen LogP contribution in [0.2, 0.25) is 0 Å². The van der Waals surface area contributed by atoms with Crippen molar-refractivity contribution in [3.63, 3.8) is 0 Å². The van der Waals surface area contributed by atoms with Crippen LogP contribution in [0.5, 0.6) is 0 Å². The van der Waals surface area contributed by atoms with Crippen LogP contribution in [0.15, 0.2) is 34.2 Å². The lowest BCUT2D eigenvalue weighted by molar-refractivity contribution is -0.119. The predicted octanol–water partition coefficient (Wildman–Crippen LogP) is 3.91. The molecular weight excluding hydrogens is 404 g/mol. The van der Waals surface area contributed by atoms with E-state index in [1.807, 2.05) is 31.2 Å². The quantitative estimate of drug-likeness (QED) is 0.493. The van der Waals surface area contributed by atoms with E-state index in [0.717, 1.165) is 29.7 Å². The van der Waals surface area contributed by atoms with Crippen LogP contribution >= 0.6 is 23.3 Å². The average molecular weight is 429 g/mol. The van der Waals surface area contributed by atoms with Gasteiger partial charge in [-0.3, -0.25) is 14.2 Å². The van der Waals surface area contributed by atoms with Gasteiger partial charge in [0.05, 0.1) is 5.75 Å². The van der Waals surface area contributed by atoms with Crippen LogP contribution in [0.1, 0.15) is 37.7 Å². The van der Waals surface area contributed by atoms with Crippen LogP contribution in [-0.2, 0) is 11.8 Å². The van der Waals surface area contributed by atoms with E-state index in [4.69, 9.17) is 4.98 Å². The highest BCUT2D eigenvalue weighted by Gasteiger charge is 2.19. The van der Waals surface area contributed by atoms with Gasteiger partial charge in [-0.15, -0.1) is 0 Å². The number of aryl methyl sites for hydroxylation is 1. The molecule has 1 amide bonds. The summed E-state index contributed by atoms with van der Waals surface area (Å²) in [7, 11) is 1.70. The minimum Gasteiger partial charge on any atom is -0.353 e. The Kier molecular flexibility index (Phi) is 6.01. The first-order valence-corrected chi connectivity index (χ1v) is 11.6. The Balaban J connectivity index is 1.56. The van der Waals surface area contributed by atoms with Gasteiger partial charge in [0.1, 0.15) is 15.9 Å². The first kappa shape index (κ1) is 20.1. The smallest absolute Gasteiger partial charge is 0.273 e. The van der Waals surface area contributed by atoms with Crippen LogP contribution in [0, 0.1) is 6.92 Å². The van der Waals surface area contributed by atoms with Gasteiger partial charge in [0.15, 0.2) is 5.16 Å². The first-order chi connectivity index (χ1) is 14.0. The number of fused-ring (bicyclic) bond motifs is 1. The molecule has 2 aromatic heterocycles. The van der Waals surface area contributed by atoms with Crippen LogP contribution in [-0.4, -0.2) is 31.6 Å². The SMILES string of the molecule is Cc1ccc(-c2nsc3c(=O)n(C)c(SCC(=O)NC4CCCCC4)nc23)cc1. The van der Waals surface area contributed by atoms with Crippen LogP contribution in [0.4, 0.5) is 0 Å². The second-order valence-electron chi connectivity index (χ2n) is 7.52. The highest BCUT2D eigenvalue weighted by atomic mass is 32.2. The van der Waals surface area contributed by atoms with E-state index in [2.05, 4.69) is 9.69 Å². The molecule has 29 heavy (non-hydrogen) atoms. The molecule has 1 N–H and O–H groups in total. The van der Waals surface area contributed by atoms with Crippen molar-refractivity contribution in [1.82, 2.24) is 19.2 Å². The maximum absolute atomic E-state index is 12.8. The monoisotopic (exact) mass is 428 g/mol. The Morgan fingerprint density at radius 1 is 1.24 bits per heavy atom. The van der Waals surface area contributed by atoms with Gasteiger partial charge in [0, 0.05) is 18.7 Å². The summed E-state index contributed by atoms with van der Waals surface area (Å²) < 4.78 is 6.54. The van der Waals surface area contributed by atoms with Crippen molar-refractivity contribution >= 4 is 39.4 Å². The van der Waals surface area contributed by atoms with E-state index >= 15 is 0 Å². The van der Waals surface area contributed by atoms with Crippen LogP contribution in [0.25, 0.3) is 21.5 Å². The van der Waals surface area contributed by atoms with Crippen molar-refractivity contribution < 1.29 is 4.79 Å². The fourth-order valence-corrected chi connectivity index (χ4v) is 5.21. The summed E-state index contributed by atoms with van der Waals surface area (Å²) in [5, 5.41) is 3.65. The third-order valence-electron chi connectivity index (χ3n) is 5.29. The van der Waals surface area contributed by atoms with Crippen molar-refractivity contribution in [2.75, 3.05) is 5.75 Å². The molecule has 1 aliphatic carbocycles. The number of hydrogen-bond acceptors (Lipinski definition) is 6. The number of benzene rings is 1. The second-order valence-corrected chi connectivity index (χ2v) is 9.24. The molecule has 0 spiro atoms. The summed E-state index contributed by atoms with van der Waals surface area (Å²) in [5.41, 5.74) is 3.31. The van der Waals surface area contributed by atoms with Gasteiger partial charge < -0.3 is 5.32 Å². The molecule has 0 saturated heterocycles. The lowest BCUT2D eigenvalue weighted by Crippen LogP contribution is -2.37. The normalized spacial score (nSPS) is 15.0. The minimum atomic E-state index is -0.124. The molecule has 3 aromatic rings. The highest BCUT2D eigenvalue weighted by Crippen LogP contribution is 2.29. The molecule has 8 heteroatoms. The Labute approximate surface area is 177 Å². The first-order valence-electron chi connectivity index (χ1n) is 9.88. The van der Waals surface area contributed by atoms with Crippen LogP contribution < -0.4 is 10.9 Å². The Morgan fingerprint density at radius 3 is 2.69 bits per heavy atom. The van der Waals surface area contributed by atoms with Crippen molar-refractivity contribution in [1.29, 1.82) is 0 Å². The number of thioether (sulfide) groups is 1. The van der Waals surface area contributed by atoms with Crippen molar-refractivity contribution in [2.45, 2.75) is 50.2 Å². The van der Waals surface area contributed by atoms with Gasteiger partial charge in [-0.2, -0.15) is 4.37 Å². The zero-order valence-electron chi connectivity index (χ0n) is 16.6. The molecule has 0 atom stereocenters. The zero-order chi connectivity index (χ0) is 20.4. The fraction of sp³-hybridized carbons (Fsp3) is 0.429. The number of rotatable bonds is 5. The molecule has 0 radical (unpaired) electrons. The van der Waals surface area contributed by atoms with E-state index < -0.39 is 0 Å². The van der Waals surface area contributed by atoms with Crippen LogP contribution in [0.3, 0.4) is 0 Å². The number of hydrogen-bond donors (Lipinski definition) is 1. The number of aromatic nitrogens is 3. The molecule has 0 unspecified atom stereocenters. The van der Waals surface area contributed by atoms with E-state index in [1.54, 1.807) is 7.05 Å². The number of carbonyl (C=O) groups excluding carboxylic acids is 1. The largest absolute Gasteiger partial charge is 0.353 e. The highest BCUT2D eigenvalue weighted by molar-refractivity contribution is 7.99. The standard InChI is InChI=1S/C21H24N4O2S2/c1-13-8-10-14(11-9-13)17-18-19(29-24-17)20(27)25(2)21(23-18)28-12-16(26)22-15-6-4-3-5-7-15/h8-11,15H,3-7,12H2,1-2H3,(H,22,26). The molecule has 152 valence electrons. The lowest BCUT2D eigenvalue weighted by Gasteiger charge is -2.22. The molecule has 1 fully saturated rings. The number of nitrogens with zero attached hydrogens (tertiary/aromatic N) is 3. The molecule has 2 heterocycles. The van der Waals surface area contributed by atoms with Gasteiger partial charge in [-0.1, -0.05) is 60.9 Å². The minimum absolute atomic E-state index is 0.00144. The lowest BCUT2D eigenvalue weighted by atomic mass is 9.95. The van der Waals surface area contributed by atoms with E-state index in [9.17, 15) is 9.59 Å². The van der Waals surface area contributed by atoms with Crippen molar-refractivity contribution in [2.24, 2.45) is 7.05 Å². The summed E-state index contributed by atoms with van der Waals surface area (Å²) in [6, 6.07) is 8.31. The fourth-order valence-electron chi connectivity index (χ4n) is 3.62. The Bertz CT molecular complexity index is 1080. The van der Waals surface area contributed by atoms with Gasteiger partial charge in [-0.25, -0.2) is 4.98 Å². The Morgan fingerprint density at radius 2 is 1.97 bits per heavy atom. The zero-order valence-corrected chi connectivity index (χ0v) is 18.2. The molecule has 6 nitrogen and oxygen atoms in total. The Hall–Kier alpha value is -2.19. The molecule has 0 bridgehead atoms. The second kappa shape index (κ2) is 8.67.